The first-order valence-corrected chi connectivity index (χ1v) is 8.10. The minimum atomic E-state index is -0.758. The van der Waals surface area contributed by atoms with Gasteiger partial charge in [-0.25, -0.2) is 0 Å². The molecular weight excluding hydrogens is 296 g/mol. The van der Waals surface area contributed by atoms with Crippen LogP contribution in [0.15, 0.2) is 12.4 Å². The van der Waals surface area contributed by atoms with Gasteiger partial charge in [0.15, 0.2) is 0 Å². The molecule has 2 N–H and O–H groups in total. The van der Waals surface area contributed by atoms with E-state index in [9.17, 15) is 9.59 Å². The molecule has 1 aromatic heterocycles. The van der Waals surface area contributed by atoms with Gasteiger partial charge in [-0.15, -0.1) is 0 Å². The van der Waals surface area contributed by atoms with Crippen molar-refractivity contribution in [2.75, 3.05) is 19.6 Å². The van der Waals surface area contributed by atoms with E-state index < -0.39 is 5.97 Å². The maximum Gasteiger partial charge on any atom is 0.303 e. The van der Waals surface area contributed by atoms with E-state index in [0.717, 1.165) is 19.6 Å². The molecule has 0 saturated carbocycles. The molecule has 7 nitrogen and oxygen atoms in total. The smallest absolute Gasteiger partial charge is 0.303 e. The molecule has 1 fully saturated rings. The van der Waals surface area contributed by atoms with Crippen LogP contribution in [-0.2, 0) is 11.8 Å². The number of carboxylic acids is 1. The number of amides is 1. The van der Waals surface area contributed by atoms with Crippen molar-refractivity contribution in [3.63, 3.8) is 0 Å². The fourth-order valence-electron chi connectivity index (χ4n) is 3.17. The predicted molar refractivity (Wildman–Crippen MR) is 86.1 cm³/mol. The summed E-state index contributed by atoms with van der Waals surface area (Å²) in [6, 6.07) is 0.0903. The van der Waals surface area contributed by atoms with Crippen LogP contribution in [0.5, 0.6) is 0 Å². The fourth-order valence-corrected chi connectivity index (χ4v) is 3.17. The number of carbonyl (C=O) groups is 2. The summed E-state index contributed by atoms with van der Waals surface area (Å²) in [5, 5.41) is 15.9. The Labute approximate surface area is 136 Å². The van der Waals surface area contributed by atoms with Gasteiger partial charge >= 0.3 is 5.97 Å². The number of nitrogens with zero attached hydrogens (tertiary/aromatic N) is 3. The summed E-state index contributed by atoms with van der Waals surface area (Å²) < 4.78 is 1.61. The molecule has 23 heavy (non-hydrogen) atoms. The Balaban J connectivity index is 1.93. The van der Waals surface area contributed by atoms with E-state index in [1.165, 1.54) is 0 Å². The zero-order valence-electron chi connectivity index (χ0n) is 14.0. The number of hydrogen-bond acceptors (Lipinski definition) is 4. The van der Waals surface area contributed by atoms with Crippen molar-refractivity contribution in [3.8, 4) is 0 Å². The van der Waals surface area contributed by atoms with Crippen molar-refractivity contribution in [1.82, 2.24) is 20.0 Å². The van der Waals surface area contributed by atoms with Gasteiger partial charge in [-0.05, 0) is 24.8 Å². The van der Waals surface area contributed by atoms with Crippen LogP contribution >= 0.6 is 0 Å². The van der Waals surface area contributed by atoms with Crippen LogP contribution in [0.25, 0.3) is 0 Å². The molecule has 2 atom stereocenters. The zero-order chi connectivity index (χ0) is 17.0. The van der Waals surface area contributed by atoms with Crippen LogP contribution in [0, 0.1) is 11.8 Å². The minimum absolute atomic E-state index is 0.0903. The highest BCUT2D eigenvalue weighted by Crippen LogP contribution is 2.25. The van der Waals surface area contributed by atoms with Crippen molar-refractivity contribution in [2.45, 2.75) is 32.7 Å². The third-order valence-electron chi connectivity index (χ3n) is 4.45. The second-order valence-corrected chi connectivity index (χ2v) is 6.65. The van der Waals surface area contributed by atoms with Crippen LogP contribution in [0.4, 0.5) is 0 Å². The molecule has 7 heteroatoms. The molecule has 0 aliphatic carbocycles. The topological polar surface area (TPSA) is 87.5 Å². The third kappa shape index (κ3) is 4.79. The van der Waals surface area contributed by atoms with Crippen molar-refractivity contribution < 1.29 is 14.7 Å². The second-order valence-electron chi connectivity index (χ2n) is 6.65. The highest BCUT2D eigenvalue weighted by Gasteiger charge is 2.35. The number of carbonyl (C=O) groups excluding carboxylic acids is 1. The van der Waals surface area contributed by atoms with Gasteiger partial charge in [0.25, 0.3) is 5.91 Å². The molecule has 0 aromatic carbocycles. The Bertz CT molecular complexity index is 555. The summed E-state index contributed by atoms with van der Waals surface area (Å²) in [6.45, 7) is 6.75. The number of aryl methyl sites for hydroxylation is 1. The number of rotatable bonds is 7. The van der Waals surface area contributed by atoms with Gasteiger partial charge in [-0.2, -0.15) is 5.10 Å². The summed E-state index contributed by atoms with van der Waals surface area (Å²) in [7, 11) is 1.79. The SMILES string of the molecule is CC(C)[C@@H]1CN(CCCC(=O)O)C[C@H]1NC(=O)c1cnn(C)c1. The van der Waals surface area contributed by atoms with Crippen LogP contribution in [-0.4, -0.2) is 57.3 Å². The highest BCUT2D eigenvalue weighted by molar-refractivity contribution is 5.93. The van der Waals surface area contributed by atoms with E-state index in [2.05, 4.69) is 29.2 Å². The van der Waals surface area contributed by atoms with Gasteiger partial charge in [0.2, 0.25) is 0 Å². The molecule has 1 aliphatic heterocycles. The molecule has 1 aliphatic rings. The lowest BCUT2D eigenvalue weighted by Crippen LogP contribution is -2.42. The average Bonchev–Trinajstić information content (AvgIpc) is 3.05. The monoisotopic (exact) mass is 322 g/mol. The lowest BCUT2D eigenvalue weighted by atomic mass is 9.91. The minimum Gasteiger partial charge on any atom is -0.481 e. The van der Waals surface area contributed by atoms with E-state index in [4.69, 9.17) is 5.11 Å². The Kier molecular flexibility index (Phi) is 5.76. The van der Waals surface area contributed by atoms with E-state index in [-0.39, 0.29) is 18.4 Å². The van der Waals surface area contributed by atoms with Crippen LogP contribution in [0.2, 0.25) is 0 Å². The quantitative estimate of drug-likeness (QED) is 0.781. The third-order valence-corrected chi connectivity index (χ3v) is 4.45. The van der Waals surface area contributed by atoms with Gasteiger partial charge in [0.05, 0.1) is 11.8 Å². The molecular formula is C16H26N4O3. The summed E-state index contributed by atoms with van der Waals surface area (Å²) >= 11 is 0. The van der Waals surface area contributed by atoms with Crippen LogP contribution in [0.1, 0.15) is 37.0 Å². The Morgan fingerprint density at radius 3 is 2.74 bits per heavy atom. The number of carboxylic acid groups (broad SMARTS) is 1. The van der Waals surface area contributed by atoms with E-state index in [1.54, 1.807) is 24.1 Å². The van der Waals surface area contributed by atoms with Gasteiger partial charge in [-0.1, -0.05) is 13.8 Å². The second kappa shape index (κ2) is 7.59. The summed E-state index contributed by atoms with van der Waals surface area (Å²) in [5.41, 5.74) is 0.569. The van der Waals surface area contributed by atoms with Gasteiger partial charge in [0, 0.05) is 38.8 Å². The summed E-state index contributed by atoms with van der Waals surface area (Å²) in [4.78, 5) is 25.2. The predicted octanol–water partition coefficient (Wildman–Crippen LogP) is 0.971. The van der Waals surface area contributed by atoms with Gasteiger partial charge < -0.3 is 15.3 Å². The number of aromatic nitrogens is 2. The molecule has 128 valence electrons. The van der Waals surface area contributed by atoms with Gasteiger partial charge in [-0.3, -0.25) is 14.3 Å². The molecule has 0 radical (unpaired) electrons. The molecule has 0 bridgehead atoms. The maximum absolute atomic E-state index is 12.3. The maximum atomic E-state index is 12.3. The van der Waals surface area contributed by atoms with Crippen LogP contribution < -0.4 is 5.32 Å². The first kappa shape index (κ1) is 17.5. The van der Waals surface area contributed by atoms with E-state index in [1.807, 2.05) is 0 Å². The molecule has 0 unspecified atom stereocenters. The van der Waals surface area contributed by atoms with Crippen molar-refractivity contribution in [3.05, 3.63) is 18.0 Å². The van der Waals surface area contributed by atoms with Crippen molar-refractivity contribution >= 4 is 11.9 Å². The Morgan fingerprint density at radius 2 is 2.17 bits per heavy atom. The van der Waals surface area contributed by atoms with Crippen molar-refractivity contribution in [2.24, 2.45) is 18.9 Å². The van der Waals surface area contributed by atoms with E-state index >= 15 is 0 Å². The highest BCUT2D eigenvalue weighted by atomic mass is 16.4. The first-order chi connectivity index (χ1) is 10.9. The first-order valence-electron chi connectivity index (χ1n) is 8.10. The largest absolute Gasteiger partial charge is 0.481 e. The Morgan fingerprint density at radius 1 is 1.43 bits per heavy atom. The average molecular weight is 322 g/mol. The molecule has 2 heterocycles. The zero-order valence-corrected chi connectivity index (χ0v) is 14.0. The van der Waals surface area contributed by atoms with Gasteiger partial charge in [0.1, 0.15) is 0 Å². The number of nitrogens with one attached hydrogen (secondary N) is 1. The number of likely N-dealkylation sites (tertiary alicyclic amines) is 1. The molecule has 0 spiro atoms. The lowest BCUT2D eigenvalue weighted by molar-refractivity contribution is -0.137. The normalized spacial score (nSPS) is 21.7. The number of aliphatic carboxylic acids is 1. The molecule has 1 amide bonds. The summed E-state index contributed by atoms with van der Waals surface area (Å²) in [5.74, 6) is -0.0219. The Hall–Kier alpha value is -1.89. The van der Waals surface area contributed by atoms with Crippen molar-refractivity contribution in [1.29, 1.82) is 0 Å². The fraction of sp³-hybridized carbons (Fsp3) is 0.688. The summed E-state index contributed by atoms with van der Waals surface area (Å²) in [6.07, 6.45) is 4.11. The number of hydrogen-bond donors (Lipinski definition) is 2. The molecule has 1 aromatic rings. The van der Waals surface area contributed by atoms with E-state index in [0.29, 0.717) is 23.8 Å². The molecule has 1 saturated heterocycles. The lowest BCUT2D eigenvalue weighted by Gasteiger charge is -2.22. The standard InChI is InChI=1S/C16H26N4O3/c1-11(2)13-9-20(6-4-5-15(21)22)10-14(13)18-16(23)12-7-17-19(3)8-12/h7-8,11,13-14H,4-6,9-10H2,1-3H3,(H,18,23)(H,21,22)/t13-,14+/m0/s1. The molecule has 2 rings (SSSR count). The van der Waals surface area contributed by atoms with Crippen LogP contribution in [0.3, 0.4) is 0 Å².